The van der Waals surface area contributed by atoms with Crippen LogP contribution >= 0.6 is 23.4 Å². The summed E-state index contributed by atoms with van der Waals surface area (Å²) >= 11 is 7.30. The number of benzene rings is 2. The summed E-state index contributed by atoms with van der Waals surface area (Å²) in [5.41, 5.74) is 1.30. The summed E-state index contributed by atoms with van der Waals surface area (Å²) in [6, 6.07) is 13.2. The quantitative estimate of drug-likeness (QED) is 0.685. The zero-order valence-corrected chi connectivity index (χ0v) is 14.0. The van der Waals surface area contributed by atoms with Gasteiger partial charge in [0.15, 0.2) is 5.16 Å². The predicted octanol–water partition coefficient (Wildman–Crippen LogP) is 4.40. The molecule has 3 aromatic rings. The fraction of sp³-hybridized carbons (Fsp3) is 0.0588. The van der Waals surface area contributed by atoms with Crippen LogP contribution in [0, 0.1) is 5.82 Å². The normalized spacial score (nSPS) is 10.6. The lowest BCUT2D eigenvalue weighted by molar-refractivity contribution is -0.113. The van der Waals surface area contributed by atoms with Gasteiger partial charge in [-0.05, 0) is 36.4 Å². The van der Waals surface area contributed by atoms with E-state index in [9.17, 15) is 9.18 Å². The van der Waals surface area contributed by atoms with E-state index in [1.807, 2.05) is 22.8 Å². The van der Waals surface area contributed by atoms with Crippen LogP contribution < -0.4 is 5.32 Å². The first-order valence-electron chi connectivity index (χ1n) is 7.09. The van der Waals surface area contributed by atoms with Crippen LogP contribution in [0.25, 0.3) is 5.69 Å². The van der Waals surface area contributed by atoms with Crippen LogP contribution in [0.4, 0.5) is 10.1 Å². The summed E-state index contributed by atoms with van der Waals surface area (Å²) in [4.78, 5) is 16.3. The molecule has 0 radical (unpaired) electrons. The first-order chi connectivity index (χ1) is 11.6. The number of nitrogens with zero attached hydrogens (tertiary/aromatic N) is 2. The topological polar surface area (TPSA) is 46.9 Å². The number of halogens is 2. The molecule has 0 spiro atoms. The van der Waals surface area contributed by atoms with Gasteiger partial charge in [0, 0.05) is 28.8 Å². The van der Waals surface area contributed by atoms with Crippen LogP contribution in [0.2, 0.25) is 5.02 Å². The molecule has 0 fully saturated rings. The van der Waals surface area contributed by atoms with E-state index < -0.39 is 5.82 Å². The molecule has 122 valence electrons. The van der Waals surface area contributed by atoms with Gasteiger partial charge in [0.1, 0.15) is 5.82 Å². The molecule has 1 heterocycles. The maximum absolute atomic E-state index is 13.1. The smallest absolute Gasteiger partial charge is 0.234 e. The zero-order valence-electron chi connectivity index (χ0n) is 12.4. The summed E-state index contributed by atoms with van der Waals surface area (Å²) in [6.07, 6.45) is 3.46. The molecule has 0 aliphatic heterocycles. The van der Waals surface area contributed by atoms with E-state index in [1.54, 1.807) is 30.6 Å². The van der Waals surface area contributed by atoms with E-state index in [4.69, 9.17) is 11.6 Å². The number of thioether (sulfide) groups is 1. The second-order valence-corrected chi connectivity index (χ2v) is 6.29. The van der Waals surface area contributed by atoms with Crippen LogP contribution in [-0.4, -0.2) is 21.2 Å². The molecular formula is C17H13ClFN3OS. The molecule has 0 aliphatic carbocycles. The van der Waals surface area contributed by atoms with Gasteiger partial charge in [-0.1, -0.05) is 35.5 Å². The highest BCUT2D eigenvalue weighted by Crippen LogP contribution is 2.22. The third-order valence-electron chi connectivity index (χ3n) is 3.13. The fourth-order valence-corrected chi connectivity index (χ4v) is 3.07. The average molecular weight is 362 g/mol. The molecule has 1 aromatic heterocycles. The summed E-state index contributed by atoms with van der Waals surface area (Å²) in [6.45, 7) is 0. The first kappa shape index (κ1) is 16.5. The van der Waals surface area contributed by atoms with Crippen molar-refractivity contribution >= 4 is 35.0 Å². The van der Waals surface area contributed by atoms with Gasteiger partial charge < -0.3 is 5.32 Å². The lowest BCUT2D eigenvalue weighted by Gasteiger charge is -2.08. The SMILES string of the molecule is O=C(CSc1nccn1-c1cccc(Cl)c1)Nc1cccc(F)c1. The molecule has 24 heavy (non-hydrogen) atoms. The maximum Gasteiger partial charge on any atom is 0.234 e. The van der Waals surface area contributed by atoms with Crippen molar-refractivity contribution in [3.8, 4) is 5.69 Å². The molecule has 0 bridgehead atoms. The number of hydrogen-bond acceptors (Lipinski definition) is 3. The molecule has 1 N–H and O–H groups in total. The van der Waals surface area contributed by atoms with Crippen molar-refractivity contribution in [1.29, 1.82) is 0 Å². The van der Waals surface area contributed by atoms with Gasteiger partial charge in [-0.15, -0.1) is 0 Å². The number of carbonyl (C=O) groups is 1. The summed E-state index contributed by atoms with van der Waals surface area (Å²) < 4.78 is 15.0. The minimum Gasteiger partial charge on any atom is -0.325 e. The van der Waals surface area contributed by atoms with E-state index in [1.165, 1.54) is 23.9 Å². The van der Waals surface area contributed by atoms with Gasteiger partial charge in [0.05, 0.1) is 5.75 Å². The molecule has 4 nitrogen and oxygen atoms in total. The van der Waals surface area contributed by atoms with Crippen LogP contribution in [0.3, 0.4) is 0 Å². The molecular weight excluding hydrogens is 349 g/mol. The first-order valence-corrected chi connectivity index (χ1v) is 8.46. The number of anilines is 1. The lowest BCUT2D eigenvalue weighted by Crippen LogP contribution is -2.14. The highest BCUT2D eigenvalue weighted by Gasteiger charge is 2.10. The highest BCUT2D eigenvalue weighted by atomic mass is 35.5. The fourth-order valence-electron chi connectivity index (χ4n) is 2.11. The molecule has 3 rings (SSSR count). The Labute approximate surface area is 147 Å². The lowest BCUT2D eigenvalue weighted by atomic mass is 10.3. The Balaban J connectivity index is 1.65. The minimum atomic E-state index is -0.392. The van der Waals surface area contributed by atoms with E-state index in [2.05, 4.69) is 10.3 Å². The second kappa shape index (κ2) is 7.51. The Morgan fingerprint density at radius 1 is 1.25 bits per heavy atom. The number of carbonyl (C=O) groups excluding carboxylic acids is 1. The van der Waals surface area contributed by atoms with E-state index in [-0.39, 0.29) is 11.7 Å². The summed E-state index contributed by atoms with van der Waals surface area (Å²) in [5.74, 6) is -0.461. The number of hydrogen-bond donors (Lipinski definition) is 1. The highest BCUT2D eigenvalue weighted by molar-refractivity contribution is 7.99. The third kappa shape index (κ3) is 4.15. The van der Waals surface area contributed by atoms with Crippen LogP contribution in [0.1, 0.15) is 0 Å². The van der Waals surface area contributed by atoms with Crippen LogP contribution in [0.5, 0.6) is 0 Å². The minimum absolute atomic E-state index is 0.161. The molecule has 0 aliphatic rings. The van der Waals surface area contributed by atoms with Crippen molar-refractivity contribution in [1.82, 2.24) is 9.55 Å². The van der Waals surface area contributed by atoms with Gasteiger partial charge >= 0.3 is 0 Å². The van der Waals surface area contributed by atoms with Crippen molar-refractivity contribution in [3.05, 3.63) is 71.8 Å². The molecule has 0 saturated heterocycles. The Bertz CT molecular complexity index is 868. The van der Waals surface area contributed by atoms with Crippen molar-refractivity contribution in [3.63, 3.8) is 0 Å². The second-order valence-electron chi connectivity index (χ2n) is 4.91. The van der Waals surface area contributed by atoms with Gasteiger partial charge in [0.2, 0.25) is 5.91 Å². The predicted molar refractivity (Wildman–Crippen MR) is 94.3 cm³/mol. The molecule has 0 unspecified atom stereocenters. The number of rotatable bonds is 5. The van der Waals surface area contributed by atoms with Crippen molar-refractivity contribution in [2.45, 2.75) is 5.16 Å². The standard InChI is InChI=1S/C17H13ClFN3OS/c18-12-3-1-6-15(9-12)22-8-7-20-17(22)24-11-16(23)21-14-5-2-4-13(19)10-14/h1-10H,11H2,(H,21,23). The molecule has 1 amide bonds. The van der Waals surface area contributed by atoms with Crippen LogP contribution in [0.15, 0.2) is 66.1 Å². The number of aromatic nitrogens is 2. The van der Waals surface area contributed by atoms with Gasteiger partial charge in [0.25, 0.3) is 0 Å². The maximum atomic E-state index is 13.1. The molecule has 0 atom stereocenters. The molecule has 7 heteroatoms. The molecule has 2 aromatic carbocycles. The zero-order chi connectivity index (χ0) is 16.9. The van der Waals surface area contributed by atoms with E-state index >= 15 is 0 Å². The van der Waals surface area contributed by atoms with Crippen molar-refractivity contribution in [2.24, 2.45) is 0 Å². The average Bonchev–Trinajstić information content (AvgIpc) is 3.01. The Morgan fingerprint density at radius 3 is 2.88 bits per heavy atom. The molecule has 0 saturated carbocycles. The number of imidazole rings is 1. The summed E-state index contributed by atoms with van der Waals surface area (Å²) in [5, 5.41) is 3.95. The monoisotopic (exact) mass is 361 g/mol. The largest absolute Gasteiger partial charge is 0.325 e. The Hall–Kier alpha value is -2.31. The van der Waals surface area contributed by atoms with Gasteiger partial charge in [-0.3, -0.25) is 9.36 Å². The van der Waals surface area contributed by atoms with E-state index in [0.717, 1.165) is 5.69 Å². The van der Waals surface area contributed by atoms with Crippen molar-refractivity contribution < 1.29 is 9.18 Å². The Kier molecular flexibility index (Phi) is 5.17. The Morgan fingerprint density at radius 2 is 2.08 bits per heavy atom. The van der Waals surface area contributed by atoms with Crippen molar-refractivity contribution in [2.75, 3.05) is 11.1 Å². The third-order valence-corrected chi connectivity index (χ3v) is 4.34. The van der Waals surface area contributed by atoms with Gasteiger partial charge in [-0.25, -0.2) is 9.37 Å². The summed E-state index contributed by atoms with van der Waals surface area (Å²) in [7, 11) is 0. The van der Waals surface area contributed by atoms with Gasteiger partial charge in [-0.2, -0.15) is 0 Å². The van der Waals surface area contributed by atoms with E-state index in [0.29, 0.717) is 15.9 Å². The number of nitrogens with one attached hydrogen (secondary N) is 1. The van der Waals surface area contributed by atoms with Crippen LogP contribution in [-0.2, 0) is 4.79 Å². The number of amides is 1.